The summed E-state index contributed by atoms with van der Waals surface area (Å²) in [4.78, 5) is 0. The fourth-order valence-electron chi connectivity index (χ4n) is 5.40. The summed E-state index contributed by atoms with van der Waals surface area (Å²) in [5, 5.41) is 0. The SMILES string of the molecule is CCC[C@H]1CC[C@H]([C@H]2CC[C@H](C(CC)CC)CC2)CC1. The molecule has 0 saturated heterocycles. The van der Waals surface area contributed by atoms with Crippen LogP contribution >= 0.6 is 0 Å². The molecule has 0 N–H and O–H groups in total. The highest BCUT2D eigenvalue weighted by Gasteiger charge is 2.32. The van der Waals surface area contributed by atoms with Gasteiger partial charge in [-0.2, -0.15) is 0 Å². The third-order valence-corrected chi connectivity index (χ3v) is 6.79. The minimum absolute atomic E-state index is 1.02. The van der Waals surface area contributed by atoms with E-state index in [9.17, 15) is 0 Å². The maximum absolute atomic E-state index is 2.40. The van der Waals surface area contributed by atoms with Crippen LogP contribution in [0, 0.1) is 29.6 Å². The van der Waals surface area contributed by atoms with E-state index in [4.69, 9.17) is 0 Å². The third-order valence-electron chi connectivity index (χ3n) is 6.79. The number of hydrogen-bond acceptors (Lipinski definition) is 0. The summed E-state index contributed by atoms with van der Waals surface area (Å²) in [6.07, 6.45) is 18.1. The van der Waals surface area contributed by atoms with Crippen LogP contribution in [-0.4, -0.2) is 0 Å². The van der Waals surface area contributed by atoms with Gasteiger partial charge in [0.1, 0.15) is 0 Å². The molecule has 0 radical (unpaired) electrons. The topological polar surface area (TPSA) is 0 Å². The molecule has 2 rings (SSSR count). The van der Waals surface area contributed by atoms with Gasteiger partial charge in [0.25, 0.3) is 0 Å². The number of hydrogen-bond donors (Lipinski definition) is 0. The second kappa shape index (κ2) is 8.44. The molecule has 2 aliphatic carbocycles. The predicted molar refractivity (Wildman–Crippen MR) is 89.9 cm³/mol. The van der Waals surface area contributed by atoms with Gasteiger partial charge in [-0.3, -0.25) is 0 Å². The number of rotatable bonds is 6. The Morgan fingerprint density at radius 3 is 1.65 bits per heavy atom. The molecule has 0 spiro atoms. The van der Waals surface area contributed by atoms with Crippen molar-refractivity contribution in [3.05, 3.63) is 0 Å². The van der Waals surface area contributed by atoms with E-state index in [2.05, 4.69) is 20.8 Å². The summed E-state index contributed by atoms with van der Waals surface area (Å²) in [6, 6.07) is 0. The van der Waals surface area contributed by atoms with E-state index in [1.54, 1.807) is 51.4 Å². The lowest BCUT2D eigenvalue weighted by Gasteiger charge is -2.39. The van der Waals surface area contributed by atoms with Gasteiger partial charge < -0.3 is 0 Å². The Morgan fingerprint density at radius 2 is 1.20 bits per heavy atom. The second-order valence-electron chi connectivity index (χ2n) is 7.82. The molecule has 0 aliphatic heterocycles. The van der Waals surface area contributed by atoms with Gasteiger partial charge in [0.05, 0.1) is 0 Å². The molecule has 0 unspecified atom stereocenters. The fourth-order valence-corrected chi connectivity index (χ4v) is 5.40. The van der Waals surface area contributed by atoms with Gasteiger partial charge in [-0.1, -0.05) is 59.3 Å². The first-order valence-electron chi connectivity index (χ1n) is 9.78. The highest BCUT2D eigenvalue weighted by Crippen LogP contribution is 2.44. The molecule has 2 fully saturated rings. The molecule has 0 heteroatoms. The zero-order chi connectivity index (χ0) is 14.4. The fraction of sp³-hybridized carbons (Fsp3) is 1.00. The summed E-state index contributed by atoms with van der Waals surface area (Å²) < 4.78 is 0. The maximum Gasteiger partial charge on any atom is -0.0386 e. The molecule has 2 saturated carbocycles. The normalized spacial score (nSPS) is 35.4. The van der Waals surface area contributed by atoms with E-state index in [1.807, 2.05) is 0 Å². The van der Waals surface area contributed by atoms with Crippen LogP contribution in [0.1, 0.15) is 97.8 Å². The Kier molecular flexibility index (Phi) is 6.91. The first-order valence-corrected chi connectivity index (χ1v) is 9.78. The lowest BCUT2D eigenvalue weighted by atomic mass is 9.66. The Labute approximate surface area is 128 Å². The zero-order valence-corrected chi connectivity index (χ0v) is 14.4. The molecule has 0 heterocycles. The Bertz CT molecular complexity index is 237. The van der Waals surface area contributed by atoms with E-state index >= 15 is 0 Å². The van der Waals surface area contributed by atoms with Gasteiger partial charge in [-0.25, -0.2) is 0 Å². The van der Waals surface area contributed by atoms with Gasteiger partial charge in [-0.15, -0.1) is 0 Å². The van der Waals surface area contributed by atoms with Gasteiger partial charge >= 0.3 is 0 Å². The smallest absolute Gasteiger partial charge is 0.0386 e. The van der Waals surface area contributed by atoms with E-state index in [0.29, 0.717) is 0 Å². The standard InChI is InChI=1S/C20H38/c1-4-7-16-8-10-19(11-9-16)20-14-12-18(13-15-20)17(5-2)6-3/h16-20H,4-15H2,1-3H3/t16-,18-,19-,20-. The van der Waals surface area contributed by atoms with Crippen LogP contribution in [0.5, 0.6) is 0 Å². The Balaban J connectivity index is 1.72. The molecule has 0 atom stereocenters. The van der Waals surface area contributed by atoms with Crippen LogP contribution in [0.3, 0.4) is 0 Å². The van der Waals surface area contributed by atoms with Crippen LogP contribution in [0.15, 0.2) is 0 Å². The first kappa shape index (κ1) is 16.4. The molecule has 2 aliphatic rings. The van der Waals surface area contributed by atoms with Crippen LogP contribution in [0.25, 0.3) is 0 Å². The summed E-state index contributed by atoms with van der Waals surface area (Å²) in [7, 11) is 0. The van der Waals surface area contributed by atoms with Crippen LogP contribution in [0.4, 0.5) is 0 Å². The van der Waals surface area contributed by atoms with Crippen molar-refractivity contribution in [1.29, 1.82) is 0 Å². The molecule has 0 nitrogen and oxygen atoms in total. The monoisotopic (exact) mass is 278 g/mol. The minimum atomic E-state index is 1.02. The first-order chi connectivity index (χ1) is 9.78. The van der Waals surface area contributed by atoms with Crippen LogP contribution in [0.2, 0.25) is 0 Å². The van der Waals surface area contributed by atoms with Crippen LogP contribution < -0.4 is 0 Å². The Morgan fingerprint density at radius 1 is 0.700 bits per heavy atom. The average molecular weight is 279 g/mol. The van der Waals surface area contributed by atoms with Crippen molar-refractivity contribution in [2.75, 3.05) is 0 Å². The van der Waals surface area contributed by atoms with Crippen molar-refractivity contribution < 1.29 is 0 Å². The summed E-state index contributed by atoms with van der Waals surface area (Å²) in [5.74, 6) is 5.38. The van der Waals surface area contributed by atoms with E-state index in [1.165, 1.54) is 25.7 Å². The lowest BCUT2D eigenvalue weighted by Crippen LogP contribution is -2.28. The van der Waals surface area contributed by atoms with E-state index in [0.717, 1.165) is 29.6 Å². The van der Waals surface area contributed by atoms with Crippen molar-refractivity contribution >= 4 is 0 Å². The van der Waals surface area contributed by atoms with E-state index in [-0.39, 0.29) is 0 Å². The Hall–Kier alpha value is 0. The minimum Gasteiger partial charge on any atom is -0.0654 e. The van der Waals surface area contributed by atoms with Crippen molar-refractivity contribution in [2.45, 2.75) is 97.8 Å². The van der Waals surface area contributed by atoms with Crippen molar-refractivity contribution in [1.82, 2.24) is 0 Å². The third kappa shape index (κ3) is 4.25. The zero-order valence-electron chi connectivity index (χ0n) is 14.4. The van der Waals surface area contributed by atoms with E-state index < -0.39 is 0 Å². The van der Waals surface area contributed by atoms with Gasteiger partial charge in [0, 0.05) is 0 Å². The molecule has 0 aromatic heterocycles. The molecule has 0 amide bonds. The second-order valence-corrected chi connectivity index (χ2v) is 7.82. The maximum atomic E-state index is 2.40. The molecular formula is C20H38. The average Bonchev–Trinajstić information content (AvgIpc) is 2.50. The van der Waals surface area contributed by atoms with Crippen LogP contribution in [-0.2, 0) is 0 Å². The van der Waals surface area contributed by atoms with Gasteiger partial charge in [0.15, 0.2) is 0 Å². The summed E-state index contributed by atoms with van der Waals surface area (Å²) >= 11 is 0. The summed E-state index contributed by atoms with van der Waals surface area (Å²) in [5.41, 5.74) is 0. The summed E-state index contributed by atoms with van der Waals surface area (Å²) in [6.45, 7) is 7.15. The van der Waals surface area contributed by atoms with Crippen molar-refractivity contribution in [3.8, 4) is 0 Å². The molecule has 0 aromatic carbocycles. The van der Waals surface area contributed by atoms with Gasteiger partial charge in [0.2, 0.25) is 0 Å². The quantitative estimate of drug-likeness (QED) is 0.499. The molecule has 0 aromatic rings. The lowest BCUT2D eigenvalue weighted by molar-refractivity contribution is 0.121. The van der Waals surface area contributed by atoms with Gasteiger partial charge in [-0.05, 0) is 68.1 Å². The highest BCUT2D eigenvalue weighted by atomic mass is 14.4. The largest absolute Gasteiger partial charge is 0.0654 e. The van der Waals surface area contributed by atoms with Crippen molar-refractivity contribution in [2.24, 2.45) is 29.6 Å². The predicted octanol–water partition coefficient (Wildman–Crippen LogP) is 6.84. The molecular weight excluding hydrogens is 240 g/mol. The molecule has 0 bridgehead atoms. The highest BCUT2D eigenvalue weighted by molar-refractivity contribution is 4.83. The van der Waals surface area contributed by atoms with Crippen molar-refractivity contribution in [3.63, 3.8) is 0 Å². The molecule has 20 heavy (non-hydrogen) atoms. The molecule has 118 valence electrons.